The molecule has 1 heterocycles. The van der Waals surface area contributed by atoms with E-state index in [1.807, 2.05) is 6.20 Å². The van der Waals surface area contributed by atoms with Crippen LogP contribution in [-0.2, 0) is 79.7 Å². The van der Waals surface area contributed by atoms with Gasteiger partial charge in [0.2, 0.25) is 0 Å². The molecule has 0 radical (unpaired) electrons. The van der Waals surface area contributed by atoms with Crippen LogP contribution in [0.5, 0.6) is 0 Å². The predicted molar refractivity (Wildman–Crippen MR) is 233 cm³/mol. The molecule has 0 bridgehead atoms. The van der Waals surface area contributed by atoms with Crippen molar-refractivity contribution in [2.24, 2.45) is 11.1 Å². The number of nitrogens with zero attached hydrogens (tertiary/aromatic N) is 3. The lowest BCUT2D eigenvalue weighted by Gasteiger charge is -2.32. The Labute approximate surface area is 380 Å². The van der Waals surface area contributed by atoms with Gasteiger partial charge in [-0.15, -0.1) is 5.10 Å². The summed E-state index contributed by atoms with van der Waals surface area (Å²) in [5.41, 5.74) is 4.39. The Kier molecular flexibility index (Phi) is 34.5. The van der Waals surface area contributed by atoms with Gasteiger partial charge in [0, 0.05) is 25.6 Å². The van der Waals surface area contributed by atoms with Crippen LogP contribution in [-0.4, -0.2) is 168 Å². The second-order valence-corrected chi connectivity index (χ2v) is 17.4. The van der Waals surface area contributed by atoms with Crippen molar-refractivity contribution in [1.29, 1.82) is 0 Å². The zero-order chi connectivity index (χ0) is 48.1. The molecule has 1 aromatic heterocycles. The summed E-state index contributed by atoms with van der Waals surface area (Å²) in [4.78, 5) is 54.8. The molecule has 21 heteroatoms. The molecule has 372 valence electrons. The highest BCUT2D eigenvalue weighted by molar-refractivity contribution is 5.84. The van der Waals surface area contributed by atoms with Gasteiger partial charge in [-0.25, -0.2) is 9.59 Å². The number of carbonyl (C=O) groups excluding carboxylic acids is 5. The van der Waals surface area contributed by atoms with E-state index in [1.54, 1.807) is 46.2 Å². The van der Waals surface area contributed by atoms with Crippen molar-refractivity contribution in [1.82, 2.24) is 25.6 Å². The molecule has 0 spiro atoms. The van der Waals surface area contributed by atoms with Crippen LogP contribution in [0, 0.1) is 5.41 Å². The van der Waals surface area contributed by atoms with Crippen LogP contribution < -0.4 is 16.4 Å². The maximum Gasteiger partial charge on any atom is 0.373 e. The summed E-state index contributed by atoms with van der Waals surface area (Å²) >= 11 is 0. The van der Waals surface area contributed by atoms with E-state index in [9.17, 15) is 14.4 Å². The fraction of sp³-hybridized carbons (Fsp3) is 0.860. The van der Waals surface area contributed by atoms with Crippen LogP contribution in [0.1, 0.15) is 100 Å². The van der Waals surface area contributed by atoms with Crippen molar-refractivity contribution >= 4 is 24.1 Å². The summed E-state index contributed by atoms with van der Waals surface area (Å²) in [6.07, 6.45) is 4.44. The number of carbonyl (C=O) groups is 3. The van der Waals surface area contributed by atoms with Crippen molar-refractivity contribution in [3.8, 4) is 0 Å². The molecule has 0 saturated heterocycles. The topological polar surface area (TPSA) is 258 Å². The van der Waals surface area contributed by atoms with Gasteiger partial charge in [-0.1, -0.05) is 26.0 Å². The van der Waals surface area contributed by atoms with Gasteiger partial charge in [-0.2, -0.15) is 9.59 Å². The van der Waals surface area contributed by atoms with Gasteiger partial charge >= 0.3 is 24.1 Å². The summed E-state index contributed by atoms with van der Waals surface area (Å²) in [5, 5.41) is 14.2. The van der Waals surface area contributed by atoms with Crippen LogP contribution in [0.3, 0.4) is 0 Å². The first-order valence-corrected chi connectivity index (χ1v) is 22.0. The molecule has 0 aliphatic rings. The van der Waals surface area contributed by atoms with E-state index in [0.717, 1.165) is 18.5 Å². The van der Waals surface area contributed by atoms with Gasteiger partial charge in [0.15, 0.2) is 0 Å². The van der Waals surface area contributed by atoms with Gasteiger partial charge in [-0.3, -0.25) is 9.48 Å². The lowest BCUT2D eigenvalue weighted by atomic mass is 9.84. The van der Waals surface area contributed by atoms with Gasteiger partial charge in [0.05, 0.1) is 112 Å². The van der Waals surface area contributed by atoms with Gasteiger partial charge in [-0.05, 0) is 72.6 Å². The van der Waals surface area contributed by atoms with Crippen LogP contribution in [0.2, 0.25) is 0 Å². The largest absolute Gasteiger partial charge is 0.460 e. The van der Waals surface area contributed by atoms with E-state index in [-0.39, 0.29) is 30.4 Å². The van der Waals surface area contributed by atoms with Crippen LogP contribution in [0.25, 0.3) is 0 Å². The molecule has 2 amide bonds. The lowest BCUT2D eigenvalue weighted by Crippen LogP contribution is -2.53. The van der Waals surface area contributed by atoms with Crippen molar-refractivity contribution in [3.63, 3.8) is 0 Å². The van der Waals surface area contributed by atoms with E-state index in [0.29, 0.717) is 125 Å². The molecule has 0 aliphatic heterocycles. The minimum absolute atomic E-state index is 0.0476. The second kappa shape index (κ2) is 36.6. The summed E-state index contributed by atoms with van der Waals surface area (Å²) in [6.45, 7) is 25.5. The molecule has 0 fully saturated rings. The third-order valence-electron chi connectivity index (χ3n) is 8.24. The van der Waals surface area contributed by atoms with Gasteiger partial charge in [0.1, 0.15) is 22.9 Å². The number of amides is 2. The number of unbranched alkanes of at least 4 members (excludes halogenated alkanes) is 1. The van der Waals surface area contributed by atoms with Gasteiger partial charge in [0.25, 0.3) is 0 Å². The molecule has 1 aromatic rings. The molecular formula is C43H80N6O15. The number of nitrogens with two attached hydrogens (primary N) is 1. The summed E-state index contributed by atoms with van der Waals surface area (Å²) in [6, 6.07) is -1.71. The number of hydrogen-bond acceptors (Lipinski definition) is 18. The maximum absolute atomic E-state index is 13.2. The summed E-state index contributed by atoms with van der Waals surface area (Å²) in [7, 11) is 0. The number of hydrogen-bond donors (Lipinski definition) is 3. The zero-order valence-corrected chi connectivity index (χ0v) is 40.0. The van der Waals surface area contributed by atoms with Crippen LogP contribution in [0.4, 0.5) is 4.79 Å². The first-order valence-electron chi connectivity index (χ1n) is 22.0. The average molecular weight is 921 g/mol. The third-order valence-corrected chi connectivity index (χ3v) is 8.24. The highest BCUT2D eigenvalue weighted by Crippen LogP contribution is 2.24. The van der Waals surface area contributed by atoms with E-state index in [1.165, 1.54) is 0 Å². The van der Waals surface area contributed by atoms with Crippen molar-refractivity contribution in [3.05, 3.63) is 11.9 Å². The molecule has 0 unspecified atom stereocenters. The Morgan fingerprint density at radius 2 is 1.08 bits per heavy atom. The van der Waals surface area contributed by atoms with Crippen molar-refractivity contribution in [2.45, 2.75) is 131 Å². The van der Waals surface area contributed by atoms with Gasteiger partial charge < -0.3 is 63.7 Å². The Morgan fingerprint density at radius 1 is 0.641 bits per heavy atom. The average Bonchev–Trinajstić information content (AvgIpc) is 3.65. The quantitative estimate of drug-likeness (QED) is 0.0646. The van der Waals surface area contributed by atoms with E-state index >= 15 is 0 Å². The Bertz CT molecular complexity index is 1380. The number of aromatic nitrogens is 3. The minimum atomic E-state index is -1.02. The van der Waals surface area contributed by atoms with E-state index in [4.69, 9.17) is 62.7 Å². The van der Waals surface area contributed by atoms with E-state index in [2.05, 4.69) is 41.7 Å². The normalized spacial score (nSPS) is 12.7. The molecule has 0 aliphatic carbocycles. The number of aryl methyl sites for hydroxylation is 1. The highest BCUT2D eigenvalue weighted by Gasteiger charge is 2.31. The van der Waals surface area contributed by atoms with Crippen LogP contribution in [0.15, 0.2) is 6.20 Å². The maximum atomic E-state index is 13.2. The molecule has 1 rings (SSSR count). The third kappa shape index (κ3) is 37.7. The first-order chi connectivity index (χ1) is 30.3. The minimum Gasteiger partial charge on any atom is -0.460 e. The first kappa shape index (κ1) is 60.4. The summed E-state index contributed by atoms with van der Waals surface area (Å²) < 4.78 is 56.5. The monoisotopic (exact) mass is 921 g/mol. The number of rotatable bonds is 36. The molecule has 0 saturated carbocycles. The molecule has 4 N–H and O–H groups in total. The second-order valence-electron chi connectivity index (χ2n) is 17.4. The number of esters is 2. The van der Waals surface area contributed by atoms with Crippen molar-refractivity contribution < 1.29 is 71.3 Å². The molecule has 64 heavy (non-hydrogen) atoms. The smallest absolute Gasteiger partial charge is 0.373 e. The Morgan fingerprint density at radius 3 is 1.50 bits per heavy atom. The molecule has 0 aromatic carbocycles. The summed E-state index contributed by atoms with van der Waals surface area (Å²) in [5.74, 6) is -1.07. The number of nitrogens with one attached hydrogen (secondary N) is 2. The van der Waals surface area contributed by atoms with E-state index < -0.39 is 35.2 Å². The standard InChI is InChI=1S/C42H80N6O13.CO2/c1-40(2,3)36(45-39(51)44-35(38(50)61-42(7,8)9)13-14-37(49)60-41(4,5)6)12-10-11-16-48-32-34(46-47-48)33-59-31-30-58-29-28-57-27-26-56-25-24-55-23-22-54-21-20-53-19-18-52-17-15-43;2-1-3/h32,35-36H,10-31,33,43H2,1-9H3,(H2,44,45,51);/t35-,36-;/m0./s1. The Balaban J connectivity index is 0.0000128. The fourth-order valence-electron chi connectivity index (χ4n) is 5.29. The van der Waals surface area contributed by atoms with Crippen LogP contribution >= 0.6 is 0 Å². The SMILES string of the molecule is CC(C)(C)OC(=O)CC[C@H](NC(=O)N[C@@H](CCCCn1cc(COCCOCCOCCOCCOCCOCCOCCOCCN)nn1)C(C)(C)C)C(=O)OC(C)(C)C.O=C=O. The number of ether oxygens (including phenoxy) is 10. The Hall–Kier alpha value is -3.63. The molecule has 21 nitrogen and oxygen atoms in total. The zero-order valence-electron chi connectivity index (χ0n) is 40.0. The highest BCUT2D eigenvalue weighted by atomic mass is 16.6. The number of urea groups is 1. The fourth-order valence-corrected chi connectivity index (χ4v) is 5.29. The lowest BCUT2D eigenvalue weighted by molar-refractivity contribution is -0.191. The predicted octanol–water partition coefficient (Wildman–Crippen LogP) is 3.00. The van der Waals surface area contributed by atoms with Crippen molar-refractivity contribution in [2.75, 3.05) is 106 Å². The molecular weight excluding hydrogens is 840 g/mol. The molecule has 2 atom stereocenters.